The number of imidazole rings is 1. The van der Waals surface area contributed by atoms with E-state index in [-0.39, 0.29) is 6.04 Å². The van der Waals surface area contributed by atoms with E-state index in [4.69, 9.17) is 10.7 Å². The molecule has 1 aromatic carbocycles. The number of hydrogen-bond donors (Lipinski definition) is 1. The molecule has 1 heterocycles. The molecule has 0 aliphatic rings. The van der Waals surface area contributed by atoms with E-state index in [1.165, 1.54) is 16.6 Å². The standard InChI is InChI=1S/C16H25N3/c1-10(2)6-7-19-15-9-12(4)11(3)8-14(15)18-16(19)13(5)17/h8-10,13H,6-7,17H2,1-5H3. The van der Waals surface area contributed by atoms with Gasteiger partial charge in [0.15, 0.2) is 0 Å². The highest BCUT2D eigenvalue weighted by molar-refractivity contribution is 5.78. The molecule has 0 spiro atoms. The molecule has 0 aliphatic heterocycles. The van der Waals surface area contributed by atoms with Gasteiger partial charge in [-0.15, -0.1) is 0 Å². The van der Waals surface area contributed by atoms with Crippen LogP contribution in [0.1, 0.15) is 50.2 Å². The lowest BCUT2D eigenvalue weighted by Crippen LogP contribution is -2.14. The average molecular weight is 259 g/mol. The van der Waals surface area contributed by atoms with E-state index < -0.39 is 0 Å². The van der Waals surface area contributed by atoms with Crippen LogP contribution < -0.4 is 5.73 Å². The first kappa shape index (κ1) is 14.1. The van der Waals surface area contributed by atoms with Crippen LogP contribution in [0.2, 0.25) is 0 Å². The number of aryl methyl sites for hydroxylation is 3. The first-order chi connectivity index (χ1) is 8.90. The molecule has 3 heteroatoms. The Morgan fingerprint density at radius 2 is 1.79 bits per heavy atom. The van der Waals surface area contributed by atoms with E-state index in [1.54, 1.807) is 0 Å². The number of fused-ring (bicyclic) bond motifs is 1. The summed E-state index contributed by atoms with van der Waals surface area (Å²) in [4.78, 5) is 4.73. The highest BCUT2D eigenvalue weighted by Gasteiger charge is 2.15. The van der Waals surface area contributed by atoms with E-state index >= 15 is 0 Å². The molecule has 2 rings (SSSR count). The predicted molar refractivity (Wildman–Crippen MR) is 81.3 cm³/mol. The molecule has 0 fully saturated rings. The normalized spacial score (nSPS) is 13.4. The second kappa shape index (κ2) is 5.33. The van der Waals surface area contributed by atoms with Gasteiger partial charge in [-0.3, -0.25) is 0 Å². The van der Waals surface area contributed by atoms with Crippen molar-refractivity contribution in [3.05, 3.63) is 29.1 Å². The van der Waals surface area contributed by atoms with Gasteiger partial charge in [0.05, 0.1) is 17.1 Å². The van der Waals surface area contributed by atoms with E-state index in [0.717, 1.165) is 24.3 Å². The molecule has 0 saturated heterocycles. The van der Waals surface area contributed by atoms with Crippen LogP contribution in [0.15, 0.2) is 12.1 Å². The van der Waals surface area contributed by atoms with Gasteiger partial charge >= 0.3 is 0 Å². The minimum absolute atomic E-state index is 0.0276. The summed E-state index contributed by atoms with van der Waals surface area (Å²) in [5.41, 5.74) is 11.0. The molecule has 1 unspecified atom stereocenters. The van der Waals surface area contributed by atoms with E-state index in [9.17, 15) is 0 Å². The van der Waals surface area contributed by atoms with Gasteiger partial charge in [0.25, 0.3) is 0 Å². The Morgan fingerprint density at radius 3 is 2.37 bits per heavy atom. The van der Waals surface area contributed by atoms with Crippen LogP contribution in [-0.2, 0) is 6.54 Å². The number of rotatable bonds is 4. The summed E-state index contributed by atoms with van der Waals surface area (Å²) in [6, 6.07) is 4.38. The number of nitrogens with zero attached hydrogens (tertiary/aromatic N) is 2. The monoisotopic (exact) mass is 259 g/mol. The maximum absolute atomic E-state index is 6.08. The lowest BCUT2D eigenvalue weighted by atomic mass is 10.1. The van der Waals surface area contributed by atoms with Gasteiger partial charge in [-0.25, -0.2) is 4.98 Å². The second-order valence-electron chi connectivity index (χ2n) is 6.02. The molecule has 1 aromatic heterocycles. The average Bonchev–Trinajstić information content (AvgIpc) is 2.65. The molecule has 2 aromatic rings. The summed E-state index contributed by atoms with van der Waals surface area (Å²) < 4.78 is 2.30. The van der Waals surface area contributed by atoms with Gasteiger partial charge in [0, 0.05) is 6.54 Å². The van der Waals surface area contributed by atoms with Crippen LogP contribution in [-0.4, -0.2) is 9.55 Å². The molecular formula is C16H25N3. The highest BCUT2D eigenvalue weighted by Crippen LogP contribution is 2.24. The zero-order valence-corrected chi connectivity index (χ0v) is 12.7. The molecule has 0 bridgehead atoms. The van der Waals surface area contributed by atoms with Crippen molar-refractivity contribution in [2.45, 2.75) is 53.6 Å². The quantitative estimate of drug-likeness (QED) is 0.909. The van der Waals surface area contributed by atoms with Crippen LogP contribution in [0.5, 0.6) is 0 Å². The van der Waals surface area contributed by atoms with Crippen LogP contribution in [0.25, 0.3) is 11.0 Å². The molecule has 0 aliphatic carbocycles. The number of nitrogens with two attached hydrogens (primary N) is 1. The van der Waals surface area contributed by atoms with Crippen molar-refractivity contribution in [1.82, 2.24) is 9.55 Å². The third kappa shape index (κ3) is 2.81. The minimum atomic E-state index is -0.0276. The number of aromatic nitrogens is 2. The van der Waals surface area contributed by atoms with Crippen LogP contribution in [0.3, 0.4) is 0 Å². The first-order valence-corrected chi connectivity index (χ1v) is 7.13. The summed E-state index contributed by atoms with van der Waals surface area (Å²) in [5.74, 6) is 1.69. The van der Waals surface area contributed by atoms with Crippen molar-refractivity contribution in [2.24, 2.45) is 11.7 Å². The van der Waals surface area contributed by atoms with Crippen molar-refractivity contribution in [3.63, 3.8) is 0 Å². The summed E-state index contributed by atoms with van der Waals surface area (Å²) in [6.07, 6.45) is 1.15. The summed E-state index contributed by atoms with van der Waals surface area (Å²) in [5, 5.41) is 0. The van der Waals surface area contributed by atoms with Crippen LogP contribution in [0, 0.1) is 19.8 Å². The molecule has 0 saturated carbocycles. The smallest absolute Gasteiger partial charge is 0.126 e. The lowest BCUT2D eigenvalue weighted by molar-refractivity contribution is 0.503. The van der Waals surface area contributed by atoms with Crippen molar-refractivity contribution in [3.8, 4) is 0 Å². The highest BCUT2D eigenvalue weighted by atomic mass is 15.1. The molecule has 104 valence electrons. The Bertz CT molecular complexity index is 579. The molecule has 1 atom stereocenters. The summed E-state index contributed by atoms with van der Waals surface area (Å²) in [6.45, 7) is 11.8. The predicted octanol–water partition coefficient (Wildman–Crippen LogP) is 3.72. The topological polar surface area (TPSA) is 43.8 Å². The largest absolute Gasteiger partial charge is 0.327 e. The number of benzene rings is 1. The Balaban J connectivity index is 2.55. The first-order valence-electron chi connectivity index (χ1n) is 7.13. The summed E-state index contributed by atoms with van der Waals surface area (Å²) >= 11 is 0. The van der Waals surface area contributed by atoms with Crippen molar-refractivity contribution >= 4 is 11.0 Å². The lowest BCUT2D eigenvalue weighted by Gasteiger charge is -2.13. The van der Waals surface area contributed by atoms with Crippen LogP contribution in [0.4, 0.5) is 0 Å². The second-order valence-corrected chi connectivity index (χ2v) is 6.02. The van der Waals surface area contributed by atoms with Crippen LogP contribution >= 0.6 is 0 Å². The molecule has 0 radical (unpaired) electrons. The van der Waals surface area contributed by atoms with Gasteiger partial charge in [-0.1, -0.05) is 13.8 Å². The Labute approximate surface area is 115 Å². The Hall–Kier alpha value is -1.35. The van der Waals surface area contributed by atoms with E-state index in [0.29, 0.717) is 5.92 Å². The molecule has 19 heavy (non-hydrogen) atoms. The summed E-state index contributed by atoms with van der Waals surface area (Å²) in [7, 11) is 0. The molecule has 0 amide bonds. The maximum atomic E-state index is 6.08. The third-order valence-electron chi connectivity index (χ3n) is 3.73. The van der Waals surface area contributed by atoms with E-state index in [1.807, 2.05) is 6.92 Å². The van der Waals surface area contributed by atoms with Gasteiger partial charge in [-0.2, -0.15) is 0 Å². The SMILES string of the molecule is Cc1cc2nc(C(C)N)n(CCC(C)C)c2cc1C. The Morgan fingerprint density at radius 1 is 1.16 bits per heavy atom. The zero-order valence-electron chi connectivity index (χ0n) is 12.7. The van der Waals surface area contributed by atoms with Gasteiger partial charge < -0.3 is 10.3 Å². The maximum Gasteiger partial charge on any atom is 0.126 e. The fraction of sp³-hybridized carbons (Fsp3) is 0.562. The molecule has 3 nitrogen and oxygen atoms in total. The minimum Gasteiger partial charge on any atom is -0.327 e. The Kier molecular flexibility index (Phi) is 3.95. The fourth-order valence-electron chi connectivity index (χ4n) is 2.37. The van der Waals surface area contributed by atoms with Gasteiger partial charge in [-0.05, 0) is 56.4 Å². The molecule has 2 N–H and O–H groups in total. The van der Waals surface area contributed by atoms with Gasteiger partial charge in [0.2, 0.25) is 0 Å². The fourth-order valence-corrected chi connectivity index (χ4v) is 2.37. The van der Waals surface area contributed by atoms with E-state index in [2.05, 4.69) is 44.4 Å². The number of hydrogen-bond acceptors (Lipinski definition) is 2. The third-order valence-corrected chi connectivity index (χ3v) is 3.73. The molecular weight excluding hydrogens is 234 g/mol. The van der Waals surface area contributed by atoms with Crippen molar-refractivity contribution in [1.29, 1.82) is 0 Å². The van der Waals surface area contributed by atoms with Gasteiger partial charge in [0.1, 0.15) is 5.82 Å². The van der Waals surface area contributed by atoms with Crippen molar-refractivity contribution < 1.29 is 0 Å². The van der Waals surface area contributed by atoms with Crippen molar-refractivity contribution in [2.75, 3.05) is 0 Å². The zero-order chi connectivity index (χ0) is 14.2.